The first kappa shape index (κ1) is 18.7. The first-order chi connectivity index (χ1) is 14.6. The summed E-state index contributed by atoms with van der Waals surface area (Å²) >= 11 is 1.65. The van der Waals surface area contributed by atoms with Crippen molar-refractivity contribution in [3.8, 4) is 0 Å². The number of nitrogens with zero attached hydrogens (tertiary/aromatic N) is 1. The lowest BCUT2D eigenvalue weighted by Gasteiger charge is -2.25. The largest absolute Gasteiger partial charge is 0.450 e. The number of hydrogen-bond donors (Lipinski definition) is 0. The zero-order valence-corrected chi connectivity index (χ0v) is 17.4. The van der Waals surface area contributed by atoms with Gasteiger partial charge in [0, 0.05) is 10.6 Å². The number of aryl methyl sites for hydroxylation is 1. The van der Waals surface area contributed by atoms with Crippen LogP contribution in [-0.2, 0) is 0 Å². The lowest BCUT2D eigenvalue weighted by atomic mass is 9.98. The summed E-state index contributed by atoms with van der Waals surface area (Å²) in [5.74, 6) is -0.172. The Balaban J connectivity index is 1.78. The Labute approximate surface area is 178 Å². The Bertz CT molecular complexity index is 1320. The van der Waals surface area contributed by atoms with E-state index < -0.39 is 6.04 Å². The Morgan fingerprint density at radius 3 is 2.30 bits per heavy atom. The summed E-state index contributed by atoms with van der Waals surface area (Å²) in [6.45, 7) is 2.00. The summed E-state index contributed by atoms with van der Waals surface area (Å²) in [5, 5.41) is 0.487. The van der Waals surface area contributed by atoms with Gasteiger partial charge in [0.05, 0.1) is 17.0 Å². The van der Waals surface area contributed by atoms with Crippen molar-refractivity contribution in [2.24, 2.45) is 0 Å². The van der Waals surface area contributed by atoms with E-state index >= 15 is 0 Å². The van der Waals surface area contributed by atoms with Crippen LogP contribution in [0.3, 0.4) is 0 Å². The third kappa shape index (κ3) is 2.85. The van der Waals surface area contributed by atoms with Crippen molar-refractivity contribution in [2.75, 3.05) is 11.2 Å². The van der Waals surface area contributed by atoms with Crippen molar-refractivity contribution in [1.29, 1.82) is 0 Å². The minimum Gasteiger partial charge on any atom is -0.450 e. The maximum Gasteiger partial charge on any atom is 0.295 e. The molecular formula is C25H19NO3S. The molecule has 0 radical (unpaired) electrons. The second kappa shape index (κ2) is 7.18. The standard InChI is InChI=1S/C25H19NO3S/c1-15-7-11-17(12-8-15)26-22(16-9-13-18(30-2)14-10-16)21-23(27)19-5-3-4-6-20(19)29-24(21)25(26)28/h3-14,22H,1-2H3. The van der Waals surface area contributed by atoms with E-state index in [0.717, 1.165) is 21.7 Å². The van der Waals surface area contributed by atoms with E-state index in [9.17, 15) is 9.59 Å². The molecule has 0 saturated heterocycles. The highest BCUT2D eigenvalue weighted by atomic mass is 32.2. The summed E-state index contributed by atoms with van der Waals surface area (Å²) in [6, 6.07) is 22.3. The minimum absolute atomic E-state index is 0.123. The Hall–Kier alpha value is -3.31. The van der Waals surface area contributed by atoms with E-state index in [1.807, 2.05) is 67.8 Å². The third-order valence-corrected chi connectivity index (χ3v) is 6.26. The molecule has 0 spiro atoms. The molecule has 1 aromatic heterocycles. The van der Waals surface area contributed by atoms with Crippen LogP contribution in [0.15, 0.2) is 86.9 Å². The van der Waals surface area contributed by atoms with Gasteiger partial charge in [-0.2, -0.15) is 0 Å². The molecule has 0 fully saturated rings. The van der Waals surface area contributed by atoms with Crippen molar-refractivity contribution in [3.05, 3.63) is 105 Å². The van der Waals surface area contributed by atoms with Crippen molar-refractivity contribution in [3.63, 3.8) is 0 Å². The molecule has 1 unspecified atom stereocenters. The summed E-state index contributed by atoms with van der Waals surface area (Å²) in [6.07, 6.45) is 2.02. The first-order valence-corrected chi connectivity index (χ1v) is 10.9. The lowest BCUT2D eigenvalue weighted by molar-refractivity contribution is 0.0971. The molecule has 1 aliphatic rings. The Morgan fingerprint density at radius 1 is 0.900 bits per heavy atom. The number of para-hydroxylation sites is 1. The van der Waals surface area contributed by atoms with Gasteiger partial charge in [-0.25, -0.2) is 0 Å². The molecule has 0 N–H and O–H groups in total. The van der Waals surface area contributed by atoms with Gasteiger partial charge in [0.25, 0.3) is 5.91 Å². The van der Waals surface area contributed by atoms with Crippen LogP contribution >= 0.6 is 11.8 Å². The molecule has 0 aliphatic carbocycles. The number of benzene rings is 3. The Morgan fingerprint density at radius 2 is 1.60 bits per heavy atom. The topological polar surface area (TPSA) is 50.5 Å². The van der Waals surface area contributed by atoms with Crippen molar-refractivity contribution in [2.45, 2.75) is 17.9 Å². The fraction of sp³-hybridized carbons (Fsp3) is 0.120. The van der Waals surface area contributed by atoms with Gasteiger partial charge in [-0.15, -0.1) is 11.8 Å². The van der Waals surface area contributed by atoms with Crippen LogP contribution in [0.25, 0.3) is 11.0 Å². The van der Waals surface area contributed by atoms with Crippen molar-refractivity contribution < 1.29 is 9.21 Å². The molecule has 2 heterocycles. The van der Waals surface area contributed by atoms with Crippen LogP contribution < -0.4 is 10.3 Å². The molecule has 1 atom stereocenters. The average Bonchev–Trinajstić information content (AvgIpc) is 3.07. The lowest BCUT2D eigenvalue weighted by Crippen LogP contribution is -2.29. The fourth-order valence-electron chi connectivity index (χ4n) is 3.99. The van der Waals surface area contributed by atoms with E-state index in [2.05, 4.69) is 0 Å². The van der Waals surface area contributed by atoms with Gasteiger partial charge in [-0.1, -0.05) is 42.0 Å². The average molecular weight is 413 g/mol. The number of rotatable bonds is 3. The molecule has 4 aromatic rings. The summed E-state index contributed by atoms with van der Waals surface area (Å²) in [5.41, 5.74) is 3.38. The number of hydrogen-bond acceptors (Lipinski definition) is 4. The highest BCUT2D eigenvalue weighted by molar-refractivity contribution is 7.98. The molecule has 1 amide bonds. The molecule has 0 bridgehead atoms. The summed E-state index contributed by atoms with van der Waals surface area (Å²) in [4.78, 5) is 29.7. The molecular weight excluding hydrogens is 394 g/mol. The molecule has 30 heavy (non-hydrogen) atoms. The quantitative estimate of drug-likeness (QED) is 0.412. The minimum atomic E-state index is -0.535. The monoisotopic (exact) mass is 413 g/mol. The molecule has 4 nitrogen and oxygen atoms in total. The van der Waals surface area contributed by atoms with Crippen LogP contribution in [0.2, 0.25) is 0 Å². The zero-order valence-electron chi connectivity index (χ0n) is 16.6. The van der Waals surface area contributed by atoms with Gasteiger partial charge in [-0.3, -0.25) is 14.5 Å². The third-order valence-electron chi connectivity index (χ3n) is 5.52. The maximum absolute atomic E-state index is 13.5. The maximum atomic E-state index is 13.5. The predicted octanol–water partition coefficient (Wildman–Crippen LogP) is 5.57. The fourth-order valence-corrected chi connectivity index (χ4v) is 4.40. The molecule has 1 aliphatic heterocycles. The van der Waals surface area contributed by atoms with Crippen molar-refractivity contribution in [1.82, 2.24) is 0 Å². The zero-order chi connectivity index (χ0) is 20.8. The van der Waals surface area contributed by atoms with E-state index in [-0.39, 0.29) is 17.1 Å². The van der Waals surface area contributed by atoms with Crippen LogP contribution in [0.4, 0.5) is 5.69 Å². The highest BCUT2D eigenvalue weighted by Crippen LogP contribution is 2.41. The van der Waals surface area contributed by atoms with Crippen LogP contribution in [-0.4, -0.2) is 12.2 Å². The van der Waals surface area contributed by atoms with Crippen molar-refractivity contribution >= 4 is 34.3 Å². The van der Waals surface area contributed by atoms with E-state index in [1.54, 1.807) is 34.9 Å². The molecule has 0 saturated carbocycles. The smallest absolute Gasteiger partial charge is 0.295 e. The predicted molar refractivity (Wildman–Crippen MR) is 121 cm³/mol. The molecule has 5 rings (SSSR count). The SMILES string of the molecule is CSc1ccc(C2c3c(oc4ccccc4c3=O)C(=O)N2c2ccc(C)cc2)cc1. The van der Waals surface area contributed by atoms with Gasteiger partial charge in [-0.05, 0) is 55.1 Å². The second-order valence-electron chi connectivity index (χ2n) is 7.36. The van der Waals surface area contributed by atoms with Gasteiger partial charge in [0.15, 0.2) is 5.43 Å². The molecule has 3 aromatic carbocycles. The van der Waals surface area contributed by atoms with Crippen LogP contribution in [0, 0.1) is 6.92 Å². The first-order valence-electron chi connectivity index (χ1n) is 9.68. The van der Waals surface area contributed by atoms with Gasteiger partial charge >= 0.3 is 0 Å². The Kier molecular flexibility index (Phi) is 4.48. The summed E-state index contributed by atoms with van der Waals surface area (Å²) in [7, 11) is 0. The normalized spacial score (nSPS) is 15.6. The van der Waals surface area contributed by atoms with Crippen LogP contribution in [0.1, 0.15) is 33.3 Å². The van der Waals surface area contributed by atoms with Gasteiger partial charge in [0.2, 0.25) is 5.76 Å². The second-order valence-corrected chi connectivity index (χ2v) is 8.24. The number of fused-ring (bicyclic) bond motifs is 2. The van der Waals surface area contributed by atoms with E-state index in [1.165, 1.54) is 0 Å². The van der Waals surface area contributed by atoms with Gasteiger partial charge < -0.3 is 4.42 Å². The number of thioether (sulfide) groups is 1. The molecule has 148 valence electrons. The molecule has 5 heteroatoms. The highest BCUT2D eigenvalue weighted by Gasteiger charge is 2.43. The van der Waals surface area contributed by atoms with E-state index in [4.69, 9.17) is 4.42 Å². The van der Waals surface area contributed by atoms with E-state index in [0.29, 0.717) is 16.5 Å². The summed E-state index contributed by atoms with van der Waals surface area (Å²) < 4.78 is 5.97. The number of amides is 1. The van der Waals surface area contributed by atoms with Gasteiger partial charge in [0.1, 0.15) is 5.58 Å². The number of carbonyl (C=O) groups is 1. The number of carbonyl (C=O) groups excluding carboxylic acids is 1. The van der Waals surface area contributed by atoms with Crippen LogP contribution in [0.5, 0.6) is 0 Å². The number of anilines is 1.